The molecular formula is C10H18Cl2O. The van der Waals surface area contributed by atoms with Gasteiger partial charge in [0.25, 0.3) is 0 Å². The Balaban J connectivity index is 2.08. The quantitative estimate of drug-likeness (QED) is 0.728. The lowest BCUT2D eigenvalue weighted by molar-refractivity contribution is 0.170. The zero-order chi connectivity index (χ0) is 9.68. The fraction of sp³-hybridized carbons (Fsp3) is 1.00. The van der Waals surface area contributed by atoms with E-state index in [2.05, 4.69) is 0 Å². The maximum atomic E-state index is 9.28. The molecule has 1 aliphatic rings. The highest BCUT2D eigenvalue weighted by Crippen LogP contribution is 2.30. The molecule has 3 heteroatoms. The summed E-state index contributed by atoms with van der Waals surface area (Å²) in [5, 5.41) is 9.68. The van der Waals surface area contributed by atoms with Crippen LogP contribution in [0.4, 0.5) is 0 Å². The SMILES string of the molecule is OC(CCl)CCC1CCC(Cl)CC1. The second kappa shape index (κ2) is 6.10. The summed E-state index contributed by atoms with van der Waals surface area (Å²) in [4.78, 5) is 0. The number of aliphatic hydroxyl groups is 1. The number of halogens is 2. The highest BCUT2D eigenvalue weighted by atomic mass is 35.5. The van der Waals surface area contributed by atoms with Crippen molar-refractivity contribution in [3.05, 3.63) is 0 Å². The van der Waals surface area contributed by atoms with E-state index in [9.17, 15) is 5.11 Å². The molecule has 0 bridgehead atoms. The Kier molecular flexibility index (Phi) is 5.45. The average molecular weight is 225 g/mol. The number of aliphatic hydroxyl groups excluding tert-OH is 1. The minimum Gasteiger partial charge on any atom is -0.392 e. The van der Waals surface area contributed by atoms with Crippen molar-refractivity contribution in [2.24, 2.45) is 5.92 Å². The van der Waals surface area contributed by atoms with Crippen molar-refractivity contribution in [1.82, 2.24) is 0 Å². The van der Waals surface area contributed by atoms with Crippen LogP contribution < -0.4 is 0 Å². The van der Waals surface area contributed by atoms with Gasteiger partial charge in [-0.1, -0.05) is 0 Å². The molecule has 0 amide bonds. The normalized spacial score (nSPS) is 31.6. The van der Waals surface area contributed by atoms with E-state index in [1.54, 1.807) is 0 Å². The molecule has 0 spiro atoms. The highest BCUT2D eigenvalue weighted by molar-refractivity contribution is 6.20. The highest BCUT2D eigenvalue weighted by Gasteiger charge is 2.19. The van der Waals surface area contributed by atoms with Crippen LogP contribution in [0.3, 0.4) is 0 Å². The van der Waals surface area contributed by atoms with Crippen molar-refractivity contribution in [2.45, 2.75) is 50.0 Å². The lowest BCUT2D eigenvalue weighted by Crippen LogP contribution is -2.17. The molecule has 1 rings (SSSR count). The third-order valence-corrected chi connectivity index (χ3v) is 3.66. The fourth-order valence-electron chi connectivity index (χ4n) is 1.92. The van der Waals surface area contributed by atoms with Crippen LogP contribution in [0.25, 0.3) is 0 Å². The maximum Gasteiger partial charge on any atom is 0.0675 e. The zero-order valence-electron chi connectivity index (χ0n) is 7.88. The standard InChI is InChI=1S/C10H18Cl2O/c11-7-10(13)6-3-8-1-4-9(12)5-2-8/h8-10,13H,1-7H2. The van der Waals surface area contributed by atoms with Gasteiger partial charge >= 0.3 is 0 Å². The van der Waals surface area contributed by atoms with Crippen LogP contribution in [0.5, 0.6) is 0 Å². The Labute approximate surface area is 90.4 Å². The predicted molar refractivity (Wildman–Crippen MR) is 57.6 cm³/mol. The molecule has 1 aliphatic carbocycles. The third kappa shape index (κ3) is 4.53. The number of alkyl halides is 2. The van der Waals surface area contributed by atoms with Gasteiger partial charge in [0.05, 0.1) is 6.10 Å². The first-order valence-electron chi connectivity index (χ1n) is 5.10. The minimum atomic E-state index is -0.310. The molecule has 1 N–H and O–H groups in total. The first-order valence-corrected chi connectivity index (χ1v) is 6.07. The summed E-state index contributed by atoms with van der Waals surface area (Å²) >= 11 is 11.5. The molecule has 0 aromatic heterocycles. The molecule has 0 saturated heterocycles. The molecule has 1 fully saturated rings. The summed E-state index contributed by atoms with van der Waals surface area (Å²) in [5.41, 5.74) is 0. The molecule has 0 aliphatic heterocycles. The van der Waals surface area contributed by atoms with E-state index >= 15 is 0 Å². The van der Waals surface area contributed by atoms with Crippen LogP contribution in [0.2, 0.25) is 0 Å². The van der Waals surface area contributed by atoms with Crippen LogP contribution in [0, 0.1) is 5.92 Å². The van der Waals surface area contributed by atoms with Crippen molar-refractivity contribution in [3.63, 3.8) is 0 Å². The van der Waals surface area contributed by atoms with Crippen molar-refractivity contribution in [1.29, 1.82) is 0 Å². The summed E-state index contributed by atoms with van der Waals surface area (Å²) in [5.74, 6) is 1.14. The molecule has 0 radical (unpaired) electrons. The molecule has 1 atom stereocenters. The second-order valence-electron chi connectivity index (χ2n) is 4.00. The van der Waals surface area contributed by atoms with Gasteiger partial charge in [0, 0.05) is 11.3 Å². The Bertz CT molecular complexity index is 133. The van der Waals surface area contributed by atoms with Crippen molar-refractivity contribution in [2.75, 3.05) is 5.88 Å². The lowest BCUT2D eigenvalue weighted by atomic mass is 9.85. The molecular weight excluding hydrogens is 207 g/mol. The topological polar surface area (TPSA) is 20.2 Å². The first kappa shape index (κ1) is 11.6. The van der Waals surface area contributed by atoms with Crippen LogP contribution in [0.1, 0.15) is 38.5 Å². The summed E-state index contributed by atoms with van der Waals surface area (Å²) in [7, 11) is 0. The monoisotopic (exact) mass is 224 g/mol. The lowest BCUT2D eigenvalue weighted by Gasteiger charge is -2.25. The van der Waals surface area contributed by atoms with Crippen LogP contribution in [-0.2, 0) is 0 Å². The van der Waals surface area contributed by atoms with Gasteiger partial charge in [-0.2, -0.15) is 0 Å². The van der Waals surface area contributed by atoms with E-state index in [1.807, 2.05) is 0 Å². The smallest absolute Gasteiger partial charge is 0.0675 e. The van der Waals surface area contributed by atoms with Gasteiger partial charge in [0.2, 0.25) is 0 Å². The Morgan fingerprint density at radius 1 is 1.23 bits per heavy atom. The second-order valence-corrected chi connectivity index (χ2v) is 4.93. The molecule has 1 nitrogen and oxygen atoms in total. The van der Waals surface area contributed by atoms with Crippen molar-refractivity contribution in [3.8, 4) is 0 Å². The fourth-order valence-corrected chi connectivity index (χ4v) is 2.32. The van der Waals surface area contributed by atoms with Crippen LogP contribution in [0.15, 0.2) is 0 Å². The molecule has 13 heavy (non-hydrogen) atoms. The van der Waals surface area contributed by atoms with Gasteiger partial charge in [0.15, 0.2) is 0 Å². The first-order chi connectivity index (χ1) is 6.22. The molecule has 0 aromatic carbocycles. The molecule has 78 valence electrons. The Morgan fingerprint density at radius 3 is 2.38 bits per heavy atom. The summed E-state index contributed by atoms with van der Waals surface area (Å²) in [6.45, 7) is 0. The van der Waals surface area contributed by atoms with Crippen LogP contribution in [-0.4, -0.2) is 22.5 Å². The maximum absolute atomic E-state index is 9.28. The van der Waals surface area contributed by atoms with E-state index in [1.165, 1.54) is 12.8 Å². The van der Waals surface area contributed by atoms with Crippen LogP contribution >= 0.6 is 23.2 Å². The Morgan fingerprint density at radius 2 is 1.85 bits per heavy atom. The van der Waals surface area contributed by atoms with E-state index in [-0.39, 0.29) is 6.10 Å². The number of rotatable bonds is 4. The van der Waals surface area contributed by atoms with E-state index < -0.39 is 0 Å². The van der Waals surface area contributed by atoms with E-state index in [0.717, 1.165) is 31.6 Å². The van der Waals surface area contributed by atoms with Gasteiger partial charge in [-0.3, -0.25) is 0 Å². The van der Waals surface area contributed by atoms with Gasteiger partial charge < -0.3 is 5.11 Å². The van der Waals surface area contributed by atoms with Crippen molar-refractivity contribution >= 4 is 23.2 Å². The average Bonchev–Trinajstić information content (AvgIpc) is 2.16. The largest absolute Gasteiger partial charge is 0.392 e. The molecule has 0 heterocycles. The number of hydrogen-bond acceptors (Lipinski definition) is 1. The van der Waals surface area contributed by atoms with E-state index in [4.69, 9.17) is 23.2 Å². The summed E-state index contributed by atoms with van der Waals surface area (Å²) < 4.78 is 0. The number of hydrogen-bond donors (Lipinski definition) is 1. The molecule has 1 unspecified atom stereocenters. The van der Waals surface area contributed by atoms with Gasteiger partial charge in [0.1, 0.15) is 0 Å². The summed E-state index contributed by atoms with van der Waals surface area (Å²) in [6, 6.07) is 0. The molecule has 1 saturated carbocycles. The Hall–Kier alpha value is 0.540. The predicted octanol–water partition coefficient (Wildman–Crippen LogP) is 3.16. The van der Waals surface area contributed by atoms with Gasteiger partial charge in [-0.05, 0) is 44.4 Å². The molecule has 0 aromatic rings. The van der Waals surface area contributed by atoms with Crippen molar-refractivity contribution < 1.29 is 5.11 Å². The summed E-state index contributed by atoms with van der Waals surface area (Å²) in [6.07, 6.45) is 6.38. The van der Waals surface area contributed by atoms with Gasteiger partial charge in [-0.25, -0.2) is 0 Å². The third-order valence-electron chi connectivity index (χ3n) is 2.86. The minimum absolute atomic E-state index is 0.310. The van der Waals surface area contributed by atoms with E-state index in [0.29, 0.717) is 11.3 Å². The zero-order valence-corrected chi connectivity index (χ0v) is 9.40. The van der Waals surface area contributed by atoms with Gasteiger partial charge in [-0.15, -0.1) is 23.2 Å².